The fourth-order valence-electron chi connectivity index (χ4n) is 1.90. The molecule has 1 aliphatic heterocycles. The van der Waals surface area contributed by atoms with Gasteiger partial charge in [-0.15, -0.1) is 5.10 Å². The van der Waals surface area contributed by atoms with E-state index >= 15 is 0 Å². The fourth-order valence-corrected chi connectivity index (χ4v) is 1.90. The van der Waals surface area contributed by atoms with Crippen molar-refractivity contribution in [1.82, 2.24) is 30.5 Å². The zero-order chi connectivity index (χ0) is 14.1. The number of H-pyrrole nitrogens is 1. The lowest BCUT2D eigenvalue weighted by Crippen LogP contribution is -2.43. The summed E-state index contributed by atoms with van der Waals surface area (Å²) < 4.78 is 1.72. The second kappa shape index (κ2) is 5.04. The molecule has 0 unspecified atom stereocenters. The van der Waals surface area contributed by atoms with Gasteiger partial charge in [-0.05, 0) is 5.92 Å². The van der Waals surface area contributed by atoms with Gasteiger partial charge in [0.2, 0.25) is 0 Å². The topological polar surface area (TPSA) is 101 Å². The van der Waals surface area contributed by atoms with Gasteiger partial charge in [0.05, 0.1) is 12.2 Å². The lowest BCUT2D eigenvalue weighted by Gasteiger charge is -2.26. The number of aromatic nitrogens is 5. The average molecular weight is 275 g/mol. The molecule has 0 atom stereocenters. The first-order valence-corrected chi connectivity index (χ1v) is 6.62. The van der Waals surface area contributed by atoms with Crippen molar-refractivity contribution >= 4 is 11.7 Å². The van der Waals surface area contributed by atoms with E-state index in [1.807, 2.05) is 6.07 Å². The molecule has 20 heavy (non-hydrogen) atoms. The number of nitrogens with one attached hydrogen (secondary N) is 3. The average Bonchev–Trinajstić information content (AvgIpc) is 2.95. The number of hydrogen-bond acceptors (Lipinski definition) is 5. The van der Waals surface area contributed by atoms with E-state index in [1.54, 1.807) is 10.9 Å². The van der Waals surface area contributed by atoms with Crippen LogP contribution in [0, 0.1) is 0 Å². The predicted octanol–water partition coefficient (Wildman–Crippen LogP) is 0.521. The second-order valence-electron chi connectivity index (χ2n) is 5.21. The van der Waals surface area contributed by atoms with Crippen molar-refractivity contribution < 1.29 is 4.79 Å². The fraction of sp³-hybridized carbons (Fsp3) is 0.500. The molecule has 0 aromatic carbocycles. The van der Waals surface area contributed by atoms with E-state index in [0.29, 0.717) is 23.5 Å². The van der Waals surface area contributed by atoms with Gasteiger partial charge in [-0.25, -0.2) is 4.68 Å². The van der Waals surface area contributed by atoms with Gasteiger partial charge in [-0.3, -0.25) is 9.89 Å². The highest BCUT2D eigenvalue weighted by atomic mass is 16.2. The molecule has 1 amide bonds. The van der Waals surface area contributed by atoms with Gasteiger partial charge < -0.3 is 10.6 Å². The maximum Gasteiger partial charge on any atom is 0.279 e. The van der Waals surface area contributed by atoms with E-state index in [-0.39, 0.29) is 5.91 Å². The molecule has 1 aliphatic rings. The van der Waals surface area contributed by atoms with Crippen molar-refractivity contribution in [3.05, 3.63) is 23.7 Å². The van der Waals surface area contributed by atoms with Crippen LogP contribution >= 0.6 is 0 Å². The molecule has 0 aliphatic carbocycles. The Kier molecular flexibility index (Phi) is 3.23. The van der Waals surface area contributed by atoms with Gasteiger partial charge in [-0.2, -0.15) is 5.10 Å². The Morgan fingerprint density at radius 3 is 2.90 bits per heavy atom. The summed E-state index contributed by atoms with van der Waals surface area (Å²) in [7, 11) is 0. The van der Waals surface area contributed by atoms with Crippen LogP contribution in [0.1, 0.15) is 42.0 Å². The highest BCUT2D eigenvalue weighted by Gasteiger charge is 2.22. The summed E-state index contributed by atoms with van der Waals surface area (Å²) in [5, 5.41) is 20.7. The van der Waals surface area contributed by atoms with Crippen molar-refractivity contribution in [1.29, 1.82) is 0 Å². The van der Waals surface area contributed by atoms with Crippen LogP contribution in [0.15, 0.2) is 12.3 Å². The van der Waals surface area contributed by atoms with Gasteiger partial charge in [0.15, 0.2) is 11.5 Å². The largest absolute Gasteiger partial charge is 0.312 e. The van der Waals surface area contributed by atoms with E-state index in [0.717, 1.165) is 18.8 Å². The van der Waals surface area contributed by atoms with Crippen LogP contribution in [0.5, 0.6) is 0 Å². The SMILES string of the molecule is CC(C)c1cc(NC(=O)c2cn(C3CNC3)nn2)n[nH]1. The van der Waals surface area contributed by atoms with Crippen molar-refractivity contribution in [2.75, 3.05) is 18.4 Å². The van der Waals surface area contributed by atoms with E-state index in [9.17, 15) is 4.79 Å². The highest BCUT2D eigenvalue weighted by Crippen LogP contribution is 2.15. The minimum Gasteiger partial charge on any atom is -0.312 e. The molecule has 3 rings (SSSR count). The number of nitrogens with zero attached hydrogens (tertiary/aromatic N) is 4. The van der Waals surface area contributed by atoms with Crippen LogP contribution in [0.2, 0.25) is 0 Å². The van der Waals surface area contributed by atoms with Crippen LogP contribution in [0.3, 0.4) is 0 Å². The number of amides is 1. The lowest BCUT2D eigenvalue weighted by molar-refractivity contribution is 0.102. The third-order valence-electron chi connectivity index (χ3n) is 3.34. The Morgan fingerprint density at radius 1 is 1.50 bits per heavy atom. The molecule has 2 aromatic rings. The zero-order valence-corrected chi connectivity index (χ0v) is 11.4. The van der Waals surface area contributed by atoms with E-state index < -0.39 is 0 Å². The molecule has 0 spiro atoms. The molecular formula is C12H17N7O. The summed E-state index contributed by atoms with van der Waals surface area (Å²) in [4.78, 5) is 12.0. The van der Waals surface area contributed by atoms with Crippen LogP contribution in [0.4, 0.5) is 5.82 Å². The predicted molar refractivity (Wildman–Crippen MR) is 72.6 cm³/mol. The van der Waals surface area contributed by atoms with Crippen molar-refractivity contribution in [2.45, 2.75) is 25.8 Å². The van der Waals surface area contributed by atoms with Gasteiger partial charge in [-0.1, -0.05) is 19.1 Å². The summed E-state index contributed by atoms with van der Waals surface area (Å²) in [5.41, 5.74) is 1.27. The van der Waals surface area contributed by atoms with Crippen molar-refractivity contribution in [3.8, 4) is 0 Å². The first kappa shape index (κ1) is 12.8. The van der Waals surface area contributed by atoms with E-state index in [2.05, 4.69) is 45.0 Å². The van der Waals surface area contributed by atoms with Crippen molar-refractivity contribution in [2.24, 2.45) is 0 Å². The molecule has 1 fully saturated rings. The summed E-state index contributed by atoms with van der Waals surface area (Å²) in [5.74, 6) is 0.532. The highest BCUT2D eigenvalue weighted by molar-refractivity contribution is 6.02. The number of anilines is 1. The molecule has 3 heterocycles. The molecule has 0 bridgehead atoms. The molecule has 0 radical (unpaired) electrons. The first-order chi connectivity index (χ1) is 9.63. The number of hydrogen-bond donors (Lipinski definition) is 3. The Morgan fingerprint density at radius 2 is 2.30 bits per heavy atom. The number of carbonyl (C=O) groups excluding carboxylic acids is 1. The minimum atomic E-state index is -0.301. The van der Waals surface area contributed by atoms with Crippen molar-refractivity contribution in [3.63, 3.8) is 0 Å². The van der Waals surface area contributed by atoms with Crippen LogP contribution in [-0.2, 0) is 0 Å². The molecule has 0 saturated carbocycles. The van der Waals surface area contributed by atoms with Crippen LogP contribution < -0.4 is 10.6 Å². The third kappa shape index (κ3) is 2.42. The van der Waals surface area contributed by atoms with Crippen LogP contribution in [0.25, 0.3) is 0 Å². The quantitative estimate of drug-likeness (QED) is 0.755. The minimum absolute atomic E-state index is 0.293. The molecule has 106 valence electrons. The zero-order valence-electron chi connectivity index (χ0n) is 11.4. The Bertz CT molecular complexity index is 611. The summed E-state index contributed by atoms with van der Waals surface area (Å²) in [6, 6.07) is 2.12. The first-order valence-electron chi connectivity index (χ1n) is 6.62. The number of rotatable bonds is 4. The Labute approximate surface area is 115 Å². The van der Waals surface area contributed by atoms with Gasteiger partial charge in [0.1, 0.15) is 0 Å². The molecule has 3 N–H and O–H groups in total. The summed E-state index contributed by atoms with van der Waals surface area (Å²) >= 11 is 0. The monoisotopic (exact) mass is 275 g/mol. The standard InChI is InChI=1S/C12H17N7O/c1-7(2)9-3-11(17-15-9)14-12(20)10-6-19(18-16-10)8-4-13-5-8/h3,6-8,13H,4-5H2,1-2H3,(H2,14,15,17,20). The summed E-state index contributed by atoms with van der Waals surface area (Å²) in [6.45, 7) is 5.83. The van der Waals surface area contributed by atoms with Gasteiger partial charge in [0, 0.05) is 24.8 Å². The van der Waals surface area contributed by atoms with Gasteiger partial charge >= 0.3 is 0 Å². The molecule has 1 saturated heterocycles. The van der Waals surface area contributed by atoms with E-state index in [4.69, 9.17) is 0 Å². The lowest BCUT2D eigenvalue weighted by atomic mass is 10.1. The number of aromatic amines is 1. The molecule has 2 aromatic heterocycles. The van der Waals surface area contributed by atoms with Gasteiger partial charge in [0.25, 0.3) is 5.91 Å². The third-order valence-corrected chi connectivity index (χ3v) is 3.34. The van der Waals surface area contributed by atoms with E-state index in [1.165, 1.54) is 0 Å². The Hall–Kier alpha value is -2.22. The second-order valence-corrected chi connectivity index (χ2v) is 5.21. The molecular weight excluding hydrogens is 258 g/mol. The Balaban J connectivity index is 1.67. The smallest absolute Gasteiger partial charge is 0.279 e. The maximum atomic E-state index is 12.0. The normalized spacial score (nSPS) is 15.3. The van der Waals surface area contributed by atoms with Crippen LogP contribution in [-0.4, -0.2) is 44.2 Å². The maximum absolute atomic E-state index is 12.0. The number of carbonyl (C=O) groups is 1. The molecule has 8 nitrogen and oxygen atoms in total. The molecule has 8 heteroatoms. The summed E-state index contributed by atoms with van der Waals surface area (Å²) in [6.07, 6.45) is 1.66.